The highest BCUT2D eigenvalue weighted by Crippen LogP contribution is 2.40. The van der Waals surface area contributed by atoms with Gasteiger partial charge in [-0.15, -0.1) is 11.6 Å². The van der Waals surface area contributed by atoms with Gasteiger partial charge >= 0.3 is 0 Å². The molecule has 0 spiro atoms. The van der Waals surface area contributed by atoms with Crippen LogP contribution in [0.2, 0.25) is 0 Å². The average Bonchev–Trinajstić information content (AvgIpc) is 2.90. The normalized spacial score (nSPS) is 18.5. The van der Waals surface area contributed by atoms with E-state index in [-0.39, 0.29) is 5.38 Å². The monoisotopic (exact) mass is 250 g/mol. The zero-order valence-corrected chi connectivity index (χ0v) is 11.8. The first-order chi connectivity index (χ1) is 8.26. The smallest absolute Gasteiger partial charge is 0.0613 e. The Hall–Kier alpha value is -0.490. The molecule has 1 aromatic carbocycles. The summed E-state index contributed by atoms with van der Waals surface area (Å²) in [6.45, 7) is 4.46. The molecule has 1 atom stereocenters. The molecule has 94 valence electrons. The molecule has 17 heavy (non-hydrogen) atoms. The quantitative estimate of drug-likeness (QED) is 0.638. The van der Waals surface area contributed by atoms with Gasteiger partial charge in [-0.2, -0.15) is 0 Å². The summed E-state index contributed by atoms with van der Waals surface area (Å²) >= 11 is 6.64. The van der Waals surface area contributed by atoms with Crippen LogP contribution in [0, 0.1) is 5.92 Å². The molecule has 0 heterocycles. The van der Waals surface area contributed by atoms with Crippen LogP contribution in [0.1, 0.15) is 61.6 Å². The molecule has 1 aromatic rings. The molecule has 1 heteroatoms. The van der Waals surface area contributed by atoms with E-state index in [1.165, 1.54) is 42.4 Å². The average molecular weight is 251 g/mol. The Balaban J connectivity index is 2.20. The van der Waals surface area contributed by atoms with Crippen molar-refractivity contribution in [1.82, 2.24) is 0 Å². The van der Waals surface area contributed by atoms with Crippen molar-refractivity contribution in [2.45, 2.75) is 57.7 Å². The van der Waals surface area contributed by atoms with E-state index in [1.807, 2.05) is 0 Å². The largest absolute Gasteiger partial charge is 0.118 e. The van der Waals surface area contributed by atoms with E-state index in [9.17, 15) is 0 Å². The fraction of sp³-hybridized carbons (Fsp3) is 0.625. The topological polar surface area (TPSA) is 0 Å². The highest BCUT2D eigenvalue weighted by Gasteiger charge is 2.24. The van der Waals surface area contributed by atoms with Gasteiger partial charge in [-0.3, -0.25) is 0 Å². The number of rotatable bonds is 4. The van der Waals surface area contributed by atoms with Crippen LogP contribution >= 0.6 is 11.6 Å². The number of halogens is 1. The van der Waals surface area contributed by atoms with E-state index < -0.39 is 0 Å². The van der Waals surface area contributed by atoms with Gasteiger partial charge in [0, 0.05) is 0 Å². The Morgan fingerprint density at radius 2 is 1.76 bits per heavy atom. The van der Waals surface area contributed by atoms with Gasteiger partial charge in [-0.05, 0) is 48.3 Å². The number of hydrogen-bond acceptors (Lipinski definition) is 0. The molecule has 0 nitrogen and oxygen atoms in total. The van der Waals surface area contributed by atoms with E-state index >= 15 is 0 Å². The summed E-state index contributed by atoms with van der Waals surface area (Å²) in [6.07, 6.45) is 7.59. The first-order valence-corrected chi connectivity index (χ1v) is 7.45. The Bertz CT molecular complexity index is 364. The number of alkyl halides is 1. The second-order valence-electron chi connectivity index (χ2n) is 5.18. The van der Waals surface area contributed by atoms with E-state index in [0.717, 1.165) is 12.8 Å². The van der Waals surface area contributed by atoms with Crippen LogP contribution < -0.4 is 0 Å². The third-order valence-electron chi connectivity index (χ3n) is 4.12. The molecule has 0 saturated heterocycles. The zero-order valence-electron chi connectivity index (χ0n) is 11.0. The zero-order chi connectivity index (χ0) is 12.3. The van der Waals surface area contributed by atoms with Crippen molar-refractivity contribution in [1.29, 1.82) is 0 Å². The molecule has 1 unspecified atom stereocenters. The fourth-order valence-corrected chi connectivity index (χ4v) is 3.40. The summed E-state index contributed by atoms with van der Waals surface area (Å²) in [5, 5.41) is 0.230. The van der Waals surface area contributed by atoms with Crippen LogP contribution in [0.25, 0.3) is 0 Å². The summed E-state index contributed by atoms with van der Waals surface area (Å²) in [5.74, 6) is 0.703. The minimum absolute atomic E-state index is 0.230. The van der Waals surface area contributed by atoms with E-state index in [0.29, 0.717) is 5.92 Å². The molecule has 1 aliphatic carbocycles. The molecule has 2 rings (SSSR count). The number of aryl methyl sites for hydroxylation is 2. The van der Waals surface area contributed by atoms with Crippen LogP contribution in [0.3, 0.4) is 0 Å². The van der Waals surface area contributed by atoms with Crippen molar-refractivity contribution in [3.63, 3.8) is 0 Å². The van der Waals surface area contributed by atoms with Crippen LogP contribution in [-0.4, -0.2) is 0 Å². The van der Waals surface area contributed by atoms with Crippen LogP contribution in [-0.2, 0) is 12.8 Å². The Labute approximate surface area is 110 Å². The highest BCUT2D eigenvalue weighted by atomic mass is 35.5. The van der Waals surface area contributed by atoms with Gasteiger partial charge in [0.25, 0.3) is 0 Å². The second kappa shape index (κ2) is 5.91. The molecular weight excluding hydrogens is 228 g/mol. The minimum atomic E-state index is 0.230. The lowest BCUT2D eigenvalue weighted by Gasteiger charge is -2.19. The summed E-state index contributed by atoms with van der Waals surface area (Å²) < 4.78 is 0. The van der Waals surface area contributed by atoms with Gasteiger partial charge < -0.3 is 0 Å². The van der Waals surface area contributed by atoms with Gasteiger partial charge in [-0.1, -0.05) is 44.9 Å². The predicted octanol–water partition coefficient (Wildman–Crippen LogP) is 5.28. The third-order valence-corrected chi connectivity index (χ3v) is 4.73. The molecule has 0 N–H and O–H groups in total. The fourth-order valence-electron chi connectivity index (χ4n) is 3.01. The lowest BCUT2D eigenvalue weighted by Crippen LogP contribution is -2.04. The molecule has 1 fully saturated rings. The maximum atomic E-state index is 6.64. The van der Waals surface area contributed by atoms with Gasteiger partial charge in [0.1, 0.15) is 0 Å². The van der Waals surface area contributed by atoms with E-state index in [1.54, 1.807) is 0 Å². The Morgan fingerprint density at radius 1 is 1.12 bits per heavy atom. The molecular formula is C16H23Cl. The Morgan fingerprint density at radius 3 is 2.35 bits per heavy atom. The molecule has 1 aliphatic rings. The third kappa shape index (κ3) is 2.85. The maximum Gasteiger partial charge on any atom is 0.0613 e. The number of benzene rings is 1. The minimum Gasteiger partial charge on any atom is -0.118 e. The summed E-state index contributed by atoms with van der Waals surface area (Å²) in [6, 6.07) is 6.86. The van der Waals surface area contributed by atoms with E-state index in [4.69, 9.17) is 11.6 Å². The number of hydrogen-bond donors (Lipinski definition) is 0. The molecule has 0 aromatic heterocycles. The molecule has 0 bridgehead atoms. The van der Waals surface area contributed by atoms with Crippen molar-refractivity contribution in [3.05, 3.63) is 34.9 Å². The van der Waals surface area contributed by atoms with E-state index in [2.05, 4.69) is 32.0 Å². The van der Waals surface area contributed by atoms with Crippen molar-refractivity contribution in [2.24, 2.45) is 5.92 Å². The van der Waals surface area contributed by atoms with Gasteiger partial charge in [0.05, 0.1) is 5.38 Å². The van der Waals surface area contributed by atoms with Crippen molar-refractivity contribution < 1.29 is 0 Å². The molecule has 0 amide bonds. The van der Waals surface area contributed by atoms with Gasteiger partial charge in [-0.25, -0.2) is 0 Å². The van der Waals surface area contributed by atoms with Crippen molar-refractivity contribution in [2.75, 3.05) is 0 Å². The second-order valence-corrected chi connectivity index (χ2v) is 5.65. The Kier molecular flexibility index (Phi) is 4.50. The molecule has 1 saturated carbocycles. The molecule has 0 aliphatic heterocycles. The summed E-state index contributed by atoms with van der Waals surface area (Å²) in [5.41, 5.74) is 4.30. The first-order valence-electron chi connectivity index (χ1n) is 7.02. The van der Waals surface area contributed by atoms with Crippen molar-refractivity contribution in [3.8, 4) is 0 Å². The van der Waals surface area contributed by atoms with Crippen molar-refractivity contribution >= 4 is 11.6 Å². The summed E-state index contributed by atoms with van der Waals surface area (Å²) in [7, 11) is 0. The lowest BCUT2D eigenvalue weighted by molar-refractivity contribution is 0.528. The van der Waals surface area contributed by atoms with Gasteiger partial charge in [0.15, 0.2) is 0 Å². The van der Waals surface area contributed by atoms with Gasteiger partial charge in [0.2, 0.25) is 0 Å². The predicted molar refractivity (Wildman–Crippen MR) is 75.8 cm³/mol. The first kappa shape index (κ1) is 13.0. The standard InChI is InChI=1S/C16H23Cl/c1-3-12-9-10-15(11-13(12)4-2)16(17)14-7-5-6-8-14/h9-11,14,16H,3-8H2,1-2H3. The SMILES string of the molecule is CCc1ccc(C(Cl)C2CCCC2)cc1CC. The highest BCUT2D eigenvalue weighted by molar-refractivity contribution is 6.21. The van der Waals surface area contributed by atoms with Crippen LogP contribution in [0.15, 0.2) is 18.2 Å². The maximum absolute atomic E-state index is 6.64. The van der Waals surface area contributed by atoms with Crippen LogP contribution in [0.4, 0.5) is 0 Å². The molecule has 0 radical (unpaired) electrons. The lowest BCUT2D eigenvalue weighted by atomic mass is 9.93. The summed E-state index contributed by atoms with van der Waals surface area (Å²) in [4.78, 5) is 0. The van der Waals surface area contributed by atoms with Crippen LogP contribution in [0.5, 0.6) is 0 Å².